The third-order valence-corrected chi connectivity index (χ3v) is 8.14. The predicted octanol–water partition coefficient (Wildman–Crippen LogP) is 1.94. The molecule has 1 aromatic carbocycles. The van der Waals surface area contributed by atoms with Crippen LogP contribution in [0.1, 0.15) is 58.3 Å². The summed E-state index contributed by atoms with van der Waals surface area (Å²) in [5.41, 5.74) is -0.391. The van der Waals surface area contributed by atoms with E-state index in [0.29, 0.717) is 25.1 Å². The van der Waals surface area contributed by atoms with Gasteiger partial charge in [-0.2, -0.15) is 4.72 Å². The van der Waals surface area contributed by atoms with E-state index in [9.17, 15) is 18.0 Å². The summed E-state index contributed by atoms with van der Waals surface area (Å²) in [5, 5.41) is 6.41. The highest BCUT2D eigenvalue weighted by atomic mass is 32.2. The smallest absolute Gasteiger partial charge is 0.244 e. The van der Waals surface area contributed by atoms with Crippen molar-refractivity contribution < 1.29 is 18.0 Å². The lowest BCUT2D eigenvalue weighted by Gasteiger charge is -2.39. The van der Waals surface area contributed by atoms with Crippen LogP contribution in [0.2, 0.25) is 0 Å². The molecule has 3 N–H and O–H groups in total. The van der Waals surface area contributed by atoms with E-state index in [2.05, 4.69) is 15.4 Å². The van der Waals surface area contributed by atoms with Crippen LogP contribution in [0.25, 0.3) is 0 Å². The fraction of sp³-hybridized carbons (Fsp3) is 0.619. The zero-order valence-electron chi connectivity index (χ0n) is 17.3. The number of hydrogen-bond donors (Lipinski definition) is 3. The molecule has 3 aliphatic rings. The molecule has 8 nitrogen and oxygen atoms in total. The Hall–Kier alpha value is -2.13. The van der Waals surface area contributed by atoms with Crippen molar-refractivity contribution in [1.82, 2.24) is 14.9 Å². The summed E-state index contributed by atoms with van der Waals surface area (Å²) in [5.74, 6) is -0.258. The standard InChI is InChI=1S/C21H30N4O4S/c1-15(20(27)22-16-7-3-2-4-8-16)25-14-13-21(12-11-19(25)26)23-17-9-5-6-10-18(17)30(28,29)24-21/h5-6,9-10,15-16,23-24H,2-4,7-8,11-14H2,1H3,(H,22,27)/t15-,21+/m1/s1. The number of anilines is 1. The molecule has 2 atom stereocenters. The van der Waals surface area contributed by atoms with Crippen LogP contribution < -0.4 is 15.4 Å². The third kappa shape index (κ3) is 4.18. The summed E-state index contributed by atoms with van der Waals surface area (Å²) >= 11 is 0. The normalized spacial score (nSPS) is 27.6. The molecule has 0 unspecified atom stereocenters. The Morgan fingerprint density at radius 3 is 2.70 bits per heavy atom. The second-order valence-electron chi connectivity index (χ2n) is 8.67. The molecular formula is C21H30N4O4S. The molecule has 30 heavy (non-hydrogen) atoms. The van der Waals surface area contributed by atoms with Crippen molar-refractivity contribution >= 4 is 27.5 Å². The number of carbonyl (C=O) groups is 2. The van der Waals surface area contributed by atoms with E-state index in [1.54, 1.807) is 36.1 Å². The van der Waals surface area contributed by atoms with Gasteiger partial charge in [0.2, 0.25) is 21.8 Å². The molecule has 1 saturated carbocycles. The molecule has 4 rings (SSSR count). The Kier molecular flexibility index (Phi) is 5.76. The molecule has 1 saturated heterocycles. The number of benzene rings is 1. The largest absolute Gasteiger partial charge is 0.365 e. The number of likely N-dealkylation sites (tertiary alicyclic amines) is 1. The number of amides is 2. The summed E-state index contributed by atoms with van der Waals surface area (Å²) in [6.45, 7) is 2.05. The van der Waals surface area contributed by atoms with Gasteiger partial charge in [-0.25, -0.2) is 8.42 Å². The lowest BCUT2D eigenvalue weighted by atomic mass is 9.95. The predicted molar refractivity (Wildman–Crippen MR) is 113 cm³/mol. The number of nitrogens with one attached hydrogen (secondary N) is 3. The van der Waals surface area contributed by atoms with Gasteiger partial charge in [0, 0.05) is 25.4 Å². The highest BCUT2D eigenvalue weighted by Gasteiger charge is 2.44. The van der Waals surface area contributed by atoms with Gasteiger partial charge in [-0.1, -0.05) is 31.4 Å². The van der Waals surface area contributed by atoms with Crippen LogP contribution in [0.15, 0.2) is 29.2 Å². The highest BCUT2D eigenvalue weighted by Crippen LogP contribution is 2.35. The molecule has 2 aliphatic heterocycles. The zero-order valence-corrected chi connectivity index (χ0v) is 18.1. The fourth-order valence-corrected chi connectivity index (χ4v) is 6.32. The van der Waals surface area contributed by atoms with Crippen molar-refractivity contribution in [2.24, 2.45) is 0 Å². The van der Waals surface area contributed by atoms with Gasteiger partial charge in [0.1, 0.15) is 16.6 Å². The highest BCUT2D eigenvalue weighted by molar-refractivity contribution is 7.89. The van der Waals surface area contributed by atoms with Crippen LogP contribution in [0, 0.1) is 0 Å². The van der Waals surface area contributed by atoms with Crippen molar-refractivity contribution in [2.45, 2.75) is 80.9 Å². The molecule has 164 valence electrons. The molecule has 0 aromatic heterocycles. The van der Waals surface area contributed by atoms with Crippen LogP contribution in [0.5, 0.6) is 0 Å². The van der Waals surface area contributed by atoms with Gasteiger partial charge in [-0.05, 0) is 38.3 Å². The summed E-state index contributed by atoms with van der Waals surface area (Å²) in [7, 11) is -3.68. The first kappa shape index (κ1) is 21.1. The molecule has 1 spiro atoms. The molecule has 1 aromatic rings. The van der Waals surface area contributed by atoms with E-state index in [4.69, 9.17) is 0 Å². The van der Waals surface area contributed by atoms with Gasteiger partial charge >= 0.3 is 0 Å². The van der Waals surface area contributed by atoms with Crippen LogP contribution in [0.4, 0.5) is 5.69 Å². The first-order chi connectivity index (χ1) is 14.3. The van der Waals surface area contributed by atoms with E-state index < -0.39 is 21.7 Å². The molecule has 9 heteroatoms. The maximum absolute atomic E-state index is 12.8. The summed E-state index contributed by atoms with van der Waals surface area (Å²) < 4.78 is 28.3. The third-order valence-electron chi connectivity index (χ3n) is 6.54. The van der Waals surface area contributed by atoms with E-state index in [-0.39, 0.29) is 29.2 Å². The summed E-state index contributed by atoms with van der Waals surface area (Å²) in [6, 6.07) is 6.37. The second-order valence-corrected chi connectivity index (χ2v) is 10.3. The molecule has 0 bridgehead atoms. The van der Waals surface area contributed by atoms with Crippen LogP contribution >= 0.6 is 0 Å². The Morgan fingerprint density at radius 2 is 1.93 bits per heavy atom. The molecule has 0 radical (unpaired) electrons. The van der Waals surface area contributed by atoms with Gasteiger partial charge in [0.05, 0.1) is 5.69 Å². The summed E-state index contributed by atoms with van der Waals surface area (Å²) in [4.78, 5) is 27.4. The zero-order chi connectivity index (χ0) is 21.4. The number of nitrogens with zero attached hydrogens (tertiary/aromatic N) is 1. The van der Waals surface area contributed by atoms with Crippen LogP contribution in [-0.4, -0.2) is 49.4 Å². The van der Waals surface area contributed by atoms with Crippen molar-refractivity contribution in [1.29, 1.82) is 0 Å². The van der Waals surface area contributed by atoms with Gasteiger partial charge in [0.25, 0.3) is 0 Å². The average Bonchev–Trinajstić information content (AvgIpc) is 2.87. The Labute approximate surface area is 177 Å². The van der Waals surface area contributed by atoms with Gasteiger partial charge in [-0.15, -0.1) is 0 Å². The maximum atomic E-state index is 12.8. The average molecular weight is 435 g/mol. The molecule has 1 aliphatic carbocycles. The van der Waals surface area contributed by atoms with E-state index in [1.165, 1.54) is 6.42 Å². The van der Waals surface area contributed by atoms with Crippen molar-refractivity contribution in [3.63, 3.8) is 0 Å². The topological polar surface area (TPSA) is 108 Å². The van der Waals surface area contributed by atoms with Gasteiger partial charge in [-0.3, -0.25) is 9.59 Å². The Balaban J connectivity index is 1.47. The minimum atomic E-state index is -3.68. The first-order valence-electron chi connectivity index (χ1n) is 10.8. The van der Waals surface area contributed by atoms with Crippen LogP contribution in [-0.2, 0) is 19.6 Å². The van der Waals surface area contributed by atoms with Gasteiger partial charge < -0.3 is 15.5 Å². The van der Waals surface area contributed by atoms with E-state index in [1.807, 2.05) is 0 Å². The SMILES string of the molecule is C[C@H](C(=O)NC1CCCCC1)N1CC[C@@]2(CCC1=O)Nc1ccccc1S(=O)(=O)N2. The molecule has 2 amide bonds. The second kappa shape index (κ2) is 8.19. The Morgan fingerprint density at radius 1 is 1.20 bits per heavy atom. The van der Waals surface area contributed by atoms with Gasteiger partial charge in [0.15, 0.2) is 0 Å². The number of rotatable bonds is 3. The number of para-hydroxylation sites is 1. The quantitative estimate of drug-likeness (QED) is 0.674. The van der Waals surface area contributed by atoms with Crippen molar-refractivity contribution in [3.05, 3.63) is 24.3 Å². The minimum Gasteiger partial charge on any atom is -0.365 e. The van der Waals surface area contributed by atoms with E-state index >= 15 is 0 Å². The molecule has 2 fully saturated rings. The molecular weight excluding hydrogens is 404 g/mol. The number of carbonyl (C=O) groups excluding carboxylic acids is 2. The van der Waals surface area contributed by atoms with Crippen molar-refractivity contribution in [2.75, 3.05) is 11.9 Å². The monoisotopic (exact) mass is 434 g/mol. The maximum Gasteiger partial charge on any atom is 0.244 e. The fourth-order valence-electron chi connectivity index (χ4n) is 4.77. The van der Waals surface area contributed by atoms with Crippen LogP contribution in [0.3, 0.4) is 0 Å². The Bertz CT molecular complexity index is 929. The number of fused-ring (bicyclic) bond motifs is 1. The molecule has 2 heterocycles. The first-order valence-corrected chi connectivity index (χ1v) is 12.3. The van der Waals surface area contributed by atoms with Crippen molar-refractivity contribution in [3.8, 4) is 0 Å². The minimum absolute atomic E-state index is 0.127. The lowest BCUT2D eigenvalue weighted by molar-refractivity contribution is -0.139. The number of sulfonamides is 1. The lowest BCUT2D eigenvalue weighted by Crippen LogP contribution is -2.57. The van der Waals surface area contributed by atoms with E-state index in [0.717, 1.165) is 25.7 Å². The number of hydrogen-bond acceptors (Lipinski definition) is 5. The summed E-state index contributed by atoms with van der Waals surface area (Å²) in [6.07, 6.45) is 6.30.